The molecule has 1 amide bonds. The lowest BCUT2D eigenvalue weighted by Gasteiger charge is -2.30. The lowest BCUT2D eigenvalue weighted by molar-refractivity contribution is 0.0945. The van der Waals surface area contributed by atoms with E-state index < -0.39 is 0 Å². The Morgan fingerprint density at radius 1 is 1.14 bits per heavy atom. The standard InChI is InChI=1S/C20H27N5O3/c1-24(2)10-8-21-20(26)16-5-6-19(23-22-16)25-9-7-14-11-17(27-3)18(28-4)12-15(14)13-25/h5-6,11-12H,7-10,13H2,1-4H3,(H,21,26). The summed E-state index contributed by atoms with van der Waals surface area (Å²) in [6, 6.07) is 7.62. The zero-order valence-corrected chi connectivity index (χ0v) is 16.9. The molecule has 150 valence electrons. The highest BCUT2D eigenvalue weighted by molar-refractivity contribution is 5.92. The van der Waals surface area contributed by atoms with E-state index >= 15 is 0 Å². The van der Waals surface area contributed by atoms with Crippen molar-refractivity contribution in [3.63, 3.8) is 0 Å². The van der Waals surface area contributed by atoms with E-state index in [0.29, 0.717) is 18.8 Å². The van der Waals surface area contributed by atoms with E-state index in [1.165, 1.54) is 11.1 Å². The molecule has 1 aromatic heterocycles. The summed E-state index contributed by atoms with van der Waals surface area (Å²) in [4.78, 5) is 16.3. The number of methoxy groups -OCH3 is 2. The van der Waals surface area contributed by atoms with E-state index in [1.54, 1.807) is 20.3 Å². The number of hydrogen-bond acceptors (Lipinski definition) is 7. The van der Waals surface area contributed by atoms with E-state index in [1.807, 2.05) is 37.2 Å². The molecule has 2 aromatic rings. The van der Waals surface area contributed by atoms with Crippen LogP contribution in [-0.4, -0.2) is 69.0 Å². The number of anilines is 1. The van der Waals surface area contributed by atoms with Gasteiger partial charge in [-0.2, -0.15) is 0 Å². The molecule has 0 saturated heterocycles. The largest absolute Gasteiger partial charge is 0.493 e. The van der Waals surface area contributed by atoms with Crippen LogP contribution in [0, 0.1) is 0 Å². The lowest BCUT2D eigenvalue weighted by Crippen LogP contribution is -2.33. The number of carbonyl (C=O) groups excluding carboxylic acids is 1. The van der Waals surface area contributed by atoms with Crippen molar-refractivity contribution < 1.29 is 14.3 Å². The molecule has 1 aliphatic rings. The highest BCUT2D eigenvalue weighted by Crippen LogP contribution is 2.34. The van der Waals surface area contributed by atoms with E-state index in [4.69, 9.17) is 9.47 Å². The van der Waals surface area contributed by atoms with Crippen LogP contribution in [0.2, 0.25) is 0 Å². The average Bonchev–Trinajstić information content (AvgIpc) is 2.72. The zero-order chi connectivity index (χ0) is 20.1. The second-order valence-electron chi connectivity index (χ2n) is 6.98. The summed E-state index contributed by atoms with van der Waals surface area (Å²) in [5.74, 6) is 2.02. The van der Waals surface area contributed by atoms with Gasteiger partial charge in [-0.15, -0.1) is 10.2 Å². The Morgan fingerprint density at radius 2 is 1.86 bits per heavy atom. The number of amides is 1. The molecule has 0 radical (unpaired) electrons. The first-order valence-electron chi connectivity index (χ1n) is 9.27. The minimum Gasteiger partial charge on any atom is -0.493 e. The Morgan fingerprint density at radius 3 is 2.46 bits per heavy atom. The number of ether oxygens (including phenoxy) is 2. The van der Waals surface area contributed by atoms with Crippen molar-refractivity contribution in [2.24, 2.45) is 0 Å². The van der Waals surface area contributed by atoms with Gasteiger partial charge >= 0.3 is 0 Å². The molecule has 0 bridgehead atoms. The summed E-state index contributed by atoms with van der Waals surface area (Å²) in [7, 11) is 7.21. The third-order valence-electron chi connectivity index (χ3n) is 4.77. The topological polar surface area (TPSA) is 79.8 Å². The Kier molecular flexibility index (Phi) is 6.30. The predicted molar refractivity (Wildman–Crippen MR) is 107 cm³/mol. The maximum atomic E-state index is 12.1. The molecule has 0 fully saturated rings. The van der Waals surface area contributed by atoms with Crippen molar-refractivity contribution in [1.82, 2.24) is 20.4 Å². The maximum absolute atomic E-state index is 12.1. The van der Waals surface area contributed by atoms with Gasteiger partial charge in [0, 0.05) is 26.2 Å². The summed E-state index contributed by atoms with van der Waals surface area (Å²) in [6.07, 6.45) is 0.879. The van der Waals surface area contributed by atoms with Crippen molar-refractivity contribution in [2.75, 3.05) is 52.8 Å². The Labute approximate surface area is 165 Å². The second-order valence-corrected chi connectivity index (χ2v) is 6.98. The number of likely N-dealkylation sites (N-methyl/N-ethyl adjacent to an activating group) is 1. The first-order chi connectivity index (χ1) is 13.5. The maximum Gasteiger partial charge on any atom is 0.271 e. The van der Waals surface area contributed by atoms with Gasteiger partial charge in [-0.1, -0.05) is 0 Å². The van der Waals surface area contributed by atoms with Gasteiger partial charge in [-0.3, -0.25) is 4.79 Å². The van der Waals surface area contributed by atoms with Gasteiger partial charge in [0.15, 0.2) is 23.0 Å². The fourth-order valence-corrected chi connectivity index (χ4v) is 3.18. The van der Waals surface area contributed by atoms with Crippen molar-refractivity contribution >= 4 is 11.7 Å². The molecule has 8 nitrogen and oxygen atoms in total. The highest BCUT2D eigenvalue weighted by atomic mass is 16.5. The van der Waals surface area contributed by atoms with Gasteiger partial charge in [0.05, 0.1) is 14.2 Å². The quantitative estimate of drug-likeness (QED) is 0.771. The van der Waals surface area contributed by atoms with Gasteiger partial charge in [-0.05, 0) is 55.9 Å². The van der Waals surface area contributed by atoms with Gasteiger partial charge in [0.2, 0.25) is 0 Å². The van der Waals surface area contributed by atoms with Gasteiger partial charge in [-0.25, -0.2) is 0 Å². The van der Waals surface area contributed by atoms with Crippen LogP contribution in [0.15, 0.2) is 24.3 Å². The molecule has 0 spiro atoms. The SMILES string of the molecule is COc1cc2c(cc1OC)CN(c1ccc(C(=O)NCCN(C)C)nn1)CC2. The van der Waals surface area contributed by atoms with Crippen molar-refractivity contribution in [3.05, 3.63) is 41.1 Å². The number of nitrogens with zero attached hydrogens (tertiary/aromatic N) is 4. The summed E-state index contributed by atoms with van der Waals surface area (Å²) >= 11 is 0. The third kappa shape index (κ3) is 4.51. The van der Waals surface area contributed by atoms with Crippen molar-refractivity contribution in [2.45, 2.75) is 13.0 Å². The van der Waals surface area contributed by atoms with Crippen molar-refractivity contribution in [3.8, 4) is 11.5 Å². The van der Waals surface area contributed by atoms with E-state index in [2.05, 4.69) is 20.4 Å². The first-order valence-corrected chi connectivity index (χ1v) is 9.27. The summed E-state index contributed by atoms with van der Waals surface area (Å²) in [6.45, 7) is 2.88. The molecule has 0 aliphatic carbocycles. The number of fused-ring (bicyclic) bond motifs is 1. The van der Waals surface area contributed by atoms with Crippen LogP contribution in [-0.2, 0) is 13.0 Å². The molecule has 3 rings (SSSR count). The molecule has 0 atom stereocenters. The van der Waals surface area contributed by atoms with Gasteiger partial charge < -0.3 is 24.6 Å². The lowest BCUT2D eigenvalue weighted by atomic mass is 9.99. The van der Waals surface area contributed by atoms with E-state index in [-0.39, 0.29) is 5.91 Å². The molecule has 1 aliphatic heterocycles. The van der Waals surface area contributed by atoms with Crippen LogP contribution in [0.1, 0.15) is 21.6 Å². The zero-order valence-electron chi connectivity index (χ0n) is 16.9. The molecule has 1 N–H and O–H groups in total. The molecular formula is C20H27N5O3. The molecular weight excluding hydrogens is 358 g/mol. The summed E-state index contributed by atoms with van der Waals surface area (Å²) in [5.41, 5.74) is 2.75. The van der Waals surface area contributed by atoms with Crippen LogP contribution in [0.3, 0.4) is 0 Å². The van der Waals surface area contributed by atoms with Crippen LogP contribution < -0.4 is 19.7 Å². The van der Waals surface area contributed by atoms with Gasteiger partial charge in [0.25, 0.3) is 5.91 Å². The smallest absolute Gasteiger partial charge is 0.271 e. The first kappa shape index (κ1) is 19.9. The van der Waals surface area contributed by atoms with Crippen LogP contribution >= 0.6 is 0 Å². The van der Waals surface area contributed by atoms with E-state index in [9.17, 15) is 4.79 Å². The van der Waals surface area contributed by atoms with Gasteiger partial charge in [0.1, 0.15) is 0 Å². The van der Waals surface area contributed by atoms with Crippen LogP contribution in [0.4, 0.5) is 5.82 Å². The van der Waals surface area contributed by atoms with Crippen LogP contribution in [0.5, 0.6) is 11.5 Å². The molecule has 0 saturated carbocycles. The number of hydrogen-bond donors (Lipinski definition) is 1. The Balaban J connectivity index is 1.68. The molecule has 0 unspecified atom stereocenters. The summed E-state index contributed by atoms with van der Waals surface area (Å²) < 4.78 is 10.8. The Hall–Kier alpha value is -2.87. The molecule has 2 heterocycles. The average molecular weight is 385 g/mol. The fourth-order valence-electron chi connectivity index (χ4n) is 3.18. The molecule has 8 heteroatoms. The molecule has 28 heavy (non-hydrogen) atoms. The van der Waals surface area contributed by atoms with Crippen LogP contribution in [0.25, 0.3) is 0 Å². The summed E-state index contributed by atoms with van der Waals surface area (Å²) in [5, 5.41) is 11.2. The van der Waals surface area contributed by atoms with Crippen molar-refractivity contribution in [1.29, 1.82) is 0 Å². The monoisotopic (exact) mass is 385 g/mol. The number of nitrogens with one attached hydrogen (secondary N) is 1. The highest BCUT2D eigenvalue weighted by Gasteiger charge is 2.21. The number of aromatic nitrogens is 2. The number of carbonyl (C=O) groups is 1. The minimum atomic E-state index is -0.207. The number of benzene rings is 1. The molecule has 1 aromatic carbocycles. The minimum absolute atomic E-state index is 0.207. The normalized spacial score (nSPS) is 13.2. The Bertz CT molecular complexity index is 823. The number of rotatable bonds is 7. The van der Waals surface area contributed by atoms with E-state index in [0.717, 1.165) is 36.8 Å². The second kappa shape index (κ2) is 8.88. The third-order valence-corrected chi connectivity index (χ3v) is 4.77. The predicted octanol–water partition coefficient (Wildman–Crippen LogP) is 1.35. The fraction of sp³-hybridized carbons (Fsp3) is 0.450.